The Morgan fingerprint density at radius 3 is 2.74 bits per heavy atom. The van der Waals surface area contributed by atoms with Crippen molar-refractivity contribution in [2.75, 3.05) is 5.75 Å². The third-order valence-corrected chi connectivity index (χ3v) is 6.08. The monoisotopic (exact) mass is 390 g/mol. The number of aryl methyl sites for hydroxylation is 1. The van der Waals surface area contributed by atoms with Gasteiger partial charge in [0.15, 0.2) is 5.16 Å². The molecule has 0 saturated heterocycles. The van der Waals surface area contributed by atoms with Gasteiger partial charge >= 0.3 is 0 Å². The first-order chi connectivity index (χ1) is 12.8. The highest BCUT2D eigenvalue weighted by atomic mass is 32.2. The van der Waals surface area contributed by atoms with Crippen LogP contribution in [0.3, 0.4) is 0 Å². The molecule has 1 aliphatic rings. The van der Waals surface area contributed by atoms with Crippen molar-refractivity contribution < 1.29 is 4.79 Å². The van der Waals surface area contributed by atoms with Crippen molar-refractivity contribution in [3.05, 3.63) is 22.1 Å². The van der Waals surface area contributed by atoms with Crippen LogP contribution in [0.25, 0.3) is 11.0 Å². The van der Waals surface area contributed by atoms with Crippen LogP contribution in [0.2, 0.25) is 0 Å². The normalized spacial score (nSPS) is 20.3. The van der Waals surface area contributed by atoms with Crippen molar-refractivity contribution in [2.24, 2.45) is 11.8 Å². The highest BCUT2D eigenvalue weighted by Gasteiger charge is 2.21. The van der Waals surface area contributed by atoms with Gasteiger partial charge in [-0.15, -0.1) is 0 Å². The van der Waals surface area contributed by atoms with Crippen LogP contribution in [0, 0.1) is 18.8 Å². The molecule has 0 aromatic carbocycles. The fourth-order valence-electron chi connectivity index (χ4n) is 3.65. The Labute approximate surface area is 164 Å². The summed E-state index contributed by atoms with van der Waals surface area (Å²) in [7, 11) is 0. The number of rotatable bonds is 6. The topological polar surface area (TPSA) is 79.8 Å². The molecule has 0 aliphatic heterocycles. The summed E-state index contributed by atoms with van der Waals surface area (Å²) in [5.41, 5.74) is 2.06. The molecule has 6 nitrogen and oxygen atoms in total. The first-order valence-corrected chi connectivity index (χ1v) is 10.8. The predicted molar refractivity (Wildman–Crippen MR) is 110 cm³/mol. The second kappa shape index (κ2) is 8.50. The quantitative estimate of drug-likeness (QED) is 0.585. The maximum absolute atomic E-state index is 12.9. The van der Waals surface area contributed by atoms with E-state index in [1.165, 1.54) is 24.6 Å². The maximum atomic E-state index is 12.9. The first-order valence-electron chi connectivity index (χ1n) is 9.85. The number of aromatic amines is 1. The Morgan fingerprint density at radius 1 is 1.37 bits per heavy atom. The molecule has 3 rings (SSSR count). The van der Waals surface area contributed by atoms with Crippen molar-refractivity contribution in [3.63, 3.8) is 0 Å². The summed E-state index contributed by atoms with van der Waals surface area (Å²) in [6.45, 7) is 8.92. The number of thioether (sulfide) groups is 1. The third-order valence-electron chi connectivity index (χ3n) is 5.10. The number of amides is 1. The predicted octanol–water partition coefficient (Wildman–Crippen LogP) is 3.48. The van der Waals surface area contributed by atoms with Gasteiger partial charge in [0.25, 0.3) is 5.56 Å². The van der Waals surface area contributed by atoms with Crippen molar-refractivity contribution in [2.45, 2.75) is 71.1 Å². The molecular formula is C20H30N4O2S. The van der Waals surface area contributed by atoms with Gasteiger partial charge in [-0.25, -0.2) is 4.98 Å². The number of carbonyl (C=O) groups excluding carboxylic acids is 1. The molecule has 0 atom stereocenters. The van der Waals surface area contributed by atoms with Gasteiger partial charge in [0, 0.05) is 18.3 Å². The van der Waals surface area contributed by atoms with Crippen molar-refractivity contribution in [1.82, 2.24) is 19.9 Å². The van der Waals surface area contributed by atoms with Crippen LogP contribution in [-0.4, -0.2) is 32.2 Å². The number of nitrogens with zero attached hydrogens (tertiary/aromatic N) is 2. The average molecular weight is 391 g/mol. The molecule has 0 spiro atoms. The Balaban J connectivity index is 1.73. The summed E-state index contributed by atoms with van der Waals surface area (Å²) in [6.07, 6.45) is 4.47. The number of H-pyrrole nitrogens is 1. The number of aromatic nitrogens is 3. The lowest BCUT2D eigenvalue weighted by Crippen LogP contribution is -2.38. The summed E-state index contributed by atoms with van der Waals surface area (Å²) in [4.78, 5) is 33.0. The standard InChI is InChI=1S/C20H30N4O2S/c1-12(2)10-24-19(26)18-16(9-14(4)21-18)23-20(24)27-11-17(25)22-15-7-5-13(3)6-8-15/h9,12-13,15,21H,5-8,10-11H2,1-4H3,(H,22,25). The fraction of sp³-hybridized carbons (Fsp3) is 0.650. The average Bonchev–Trinajstić information content (AvgIpc) is 2.98. The van der Waals surface area contributed by atoms with Crippen molar-refractivity contribution in [3.8, 4) is 0 Å². The van der Waals surface area contributed by atoms with Gasteiger partial charge in [-0.3, -0.25) is 14.2 Å². The van der Waals surface area contributed by atoms with Gasteiger partial charge in [-0.05, 0) is 50.5 Å². The Kier molecular flexibility index (Phi) is 6.29. The highest BCUT2D eigenvalue weighted by Crippen LogP contribution is 2.24. The zero-order valence-corrected chi connectivity index (χ0v) is 17.5. The van der Waals surface area contributed by atoms with E-state index < -0.39 is 0 Å². The van der Waals surface area contributed by atoms with Gasteiger partial charge < -0.3 is 10.3 Å². The number of hydrogen-bond donors (Lipinski definition) is 2. The second-order valence-corrected chi connectivity index (χ2v) is 9.17. The smallest absolute Gasteiger partial charge is 0.278 e. The minimum atomic E-state index is -0.0639. The number of fused-ring (bicyclic) bond motifs is 1. The lowest BCUT2D eigenvalue weighted by molar-refractivity contribution is -0.119. The van der Waals surface area contributed by atoms with Gasteiger partial charge in [-0.1, -0.05) is 32.5 Å². The molecule has 2 N–H and O–H groups in total. The molecule has 0 unspecified atom stereocenters. The van der Waals surface area contributed by atoms with E-state index in [2.05, 4.69) is 36.1 Å². The van der Waals surface area contributed by atoms with Crippen LogP contribution in [0.15, 0.2) is 16.0 Å². The van der Waals surface area contributed by atoms with E-state index in [1.54, 1.807) is 4.57 Å². The molecule has 7 heteroatoms. The molecule has 2 heterocycles. The van der Waals surface area contributed by atoms with Crippen LogP contribution < -0.4 is 10.9 Å². The van der Waals surface area contributed by atoms with Crippen LogP contribution in [0.1, 0.15) is 52.1 Å². The van der Waals surface area contributed by atoms with Crippen LogP contribution in [0.4, 0.5) is 0 Å². The van der Waals surface area contributed by atoms with E-state index in [0.29, 0.717) is 28.7 Å². The molecule has 1 aliphatic carbocycles. The lowest BCUT2D eigenvalue weighted by Gasteiger charge is -2.26. The molecule has 0 bridgehead atoms. The zero-order valence-electron chi connectivity index (χ0n) is 16.7. The van der Waals surface area contributed by atoms with Crippen LogP contribution in [-0.2, 0) is 11.3 Å². The maximum Gasteiger partial charge on any atom is 0.278 e. The highest BCUT2D eigenvalue weighted by molar-refractivity contribution is 7.99. The summed E-state index contributed by atoms with van der Waals surface area (Å²) in [6, 6.07) is 2.17. The number of nitrogens with one attached hydrogen (secondary N) is 2. The molecule has 148 valence electrons. The lowest BCUT2D eigenvalue weighted by atomic mass is 9.87. The van der Waals surface area contributed by atoms with Crippen LogP contribution >= 0.6 is 11.8 Å². The molecule has 2 aromatic rings. The minimum absolute atomic E-state index is 0.0234. The van der Waals surface area contributed by atoms with Gasteiger partial charge in [0.2, 0.25) is 5.91 Å². The summed E-state index contributed by atoms with van der Waals surface area (Å²) < 4.78 is 1.70. The zero-order chi connectivity index (χ0) is 19.6. The Bertz CT molecular complexity index is 863. The number of hydrogen-bond acceptors (Lipinski definition) is 4. The van der Waals surface area contributed by atoms with Crippen molar-refractivity contribution >= 4 is 28.7 Å². The van der Waals surface area contributed by atoms with Gasteiger partial charge in [-0.2, -0.15) is 0 Å². The van der Waals surface area contributed by atoms with Gasteiger partial charge in [0.05, 0.1) is 11.3 Å². The van der Waals surface area contributed by atoms with E-state index in [1.807, 2.05) is 13.0 Å². The molecule has 1 saturated carbocycles. The molecular weight excluding hydrogens is 360 g/mol. The molecule has 27 heavy (non-hydrogen) atoms. The SMILES string of the molecule is Cc1cc2nc(SCC(=O)NC3CCC(C)CC3)n(CC(C)C)c(=O)c2[nH]1. The van der Waals surface area contributed by atoms with Crippen LogP contribution in [0.5, 0.6) is 0 Å². The molecule has 1 fully saturated rings. The molecule has 0 radical (unpaired) electrons. The Morgan fingerprint density at radius 2 is 2.07 bits per heavy atom. The molecule has 2 aromatic heterocycles. The summed E-state index contributed by atoms with van der Waals surface area (Å²) in [5.74, 6) is 1.38. The minimum Gasteiger partial charge on any atom is -0.353 e. The van der Waals surface area contributed by atoms with E-state index in [-0.39, 0.29) is 23.3 Å². The first kappa shape index (κ1) is 20.0. The largest absolute Gasteiger partial charge is 0.353 e. The third kappa shape index (κ3) is 4.94. The van der Waals surface area contributed by atoms with E-state index in [0.717, 1.165) is 24.5 Å². The van der Waals surface area contributed by atoms with Gasteiger partial charge in [0.1, 0.15) is 5.52 Å². The van der Waals surface area contributed by atoms with E-state index in [4.69, 9.17) is 0 Å². The Hall–Kier alpha value is -1.76. The summed E-state index contributed by atoms with van der Waals surface area (Å²) in [5, 5.41) is 3.76. The van der Waals surface area contributed by atoms with E-state index in [9.17, 15) is 9.59 Å². The second-order valence-electron chi connectivity index (χ2n) is 8.23. The summed E-state index contributed by atoms with van der Waals surface area (Å²) >= 11 is 1.35. The fourth-order valence-corrected chi connectivity index (χ4v) is 4.47. The number of carbonyl (C=O) groups is 1. The molecule has 1 amide bonds. The van der Waals surface area contributed by atoms with Crippen molar-refractivity contribution in [1.29, 1.82) is 0 Å². The van der Waals surface area contributed by atoms with E-state index >= 15 is 0 Å².